The molecule has 1 heterocycles. The molecule has 0 N–H and O–H groups in total. The lowest BCUT2D eigenvalue weighted by molar-refractivity contribution is 0.609. The highest BCUT2D eigenvalue weighted by molar-refractivity contribution is 5.73. The van der Waals surface area contributed by atoms with Gasteiger partial charge in [0.1, 0.15) is 5.82 Å². The molecule has 3 heteroatoms. The third-order valence-electron chi connectivity index (χ3n) is 3.81. The minimum Gasteiger partial charge on any atom is -0.318 e. The number of rotatable bonds is 2. The van der Waals surface area contributed by atoms with E-state index < -0.39 is 5.82 Å². The van der Waals surface area contributed by atoms with E-state index in [0.717, 1.165) is 16.7 Å². The monoisotopic (exact) mass is 293 g/mol. The van der Waals surface area contributed by atoms with E-state index in [1.54, 1.807) is 13.2 Å². The molecule has 0 amide bonds. The molecule has 0 saturated carbocycles. The van der Waals surface area contributed by atoms with Crippen LogP contribution in [0.1, 0.15) is 5.56 Å². The summed E-state index contributed by atoms with van der Waals surface area (Å²) in [6.45, 7) is 1.52. The summed E-state index contributed by atoms with van der Waals surface area (Å²) in [6, 6.07) is 17.6. The number of nitrogens with zero attached hydrogens (tertiary/aromatic N) is 1. The van der Waals surface area contributed by atoms with Gasteiger partial charge in [0.15, 0.2) is 0 Å². The van der Waals surface area contributed by atoms with Crippen LogP contribution in [0.15, 0.2) is 65.6 Å². The Bertz CT molecular complexity index is 882. The number of hydrogen-bond donors (Lipinski definition) is 0. The van der Waals surface area contributed by atoms with Crippen LogP contribution in [0.4, 0.5) is 4.39 Å². The molecule has 0 aliphatic heterocycles. The van der Waals surface area contributed by atoms with Gasteiger partial charge in [0.2, 0.25) is 0 Å². The average molecular weight is 293 g/mol. The molecule has 0 fully saturated rings. The maximum Gasteiger partial charge on any atom is 0.256 e. The summed E-state index contributed by atoms with van der Waals surface area (Å²) >= 11 is 0. The lowest BCUT2D eigenvalue weighted by atomic mass is 9.99. The van der Waals surface area contributed by atoms with Crippen LogP contribution in [0.2, 0.25) is 0 Å². The predicted octanol–water partition coefficient (Wildman–Crippen LogP) is 4.17. The van der Waals surface area contributed by atoms with Crippen LogP contribution in [-0.4, -0.2) is 4.57 Å². The molecule has 0 saturated heterocycles. The van der Waals surface area contributed by atoms with Gasteiger partial charge in [-0.05, 0) is 29.7 Å². The Hall–Kier alpha value is -2.68. The van der Waals surface area contributed by atoms with Gasteiger partial charge >= 0.3 is 0 Å². The maximum absolute atomic E-state index is 14.4. The van der Waals surface area contributed by atoms with Crippen molar-refractivity contribution in [1.29, 1.82) is 0 Å². The minimum absolute atomic E-state index is 0.144. The number of hydrogen-bond acceptors (Lipinski definition) is 1. The number of halogens is 1. The molecule has 2 aromatic carbocycles. The summed E-state index contributed by atoms with van der Waals surface area (Å²) in [5.74, 6) is -0.451. The standard InChI is InChI=1S/C19H16FNO/c1-13-18(20)17(12-21(2)19(13)22)16-10-6-9-15(11-16)14-7-4-3-5-8-14/h3-12H,1-2H3. The van der Waals surface area contributed by atoms with Crippen LogP contribution in [0.3, 0.4) is 0 Å². The average Bonchev–Trinajstić information content (AvgIpc) is 2.57. The molecular formula is C19H16FNO. The first-order valence-corrected chi connectivity index (χ1v) is 7.09. The van der Waals surface area contributed by atoms with Gasteiger partial charge in [-0.2, -0.15) is 0 Å². The zero-order chi connectivity index (χ0) is 15.7. The number of benzene rings is 2. The smallest absolute Gasteiger partial charge is 0.256 e. The van der Waals surface area contributed by atoms with Crippen LogP contribution in [-0.2, 0) is 7.05 Å². The second-order valence-corrected chi connectivity index (χ2v) is 5.34. The minimum atomic E-state index is -0.451. The molecule has 0 bridgehead atoms. The molecule has 110 valence electrons. The van der Waals surface area contributed by atoms with E-state index in [-0.39, 0.29) is 11.1 Å². The zero-order valence-electron chi connectivity index (χ0n) is 12.5. The predicted molar refractivity (Wildman–Crippen MR) is 87.3 cm³/mol. The third-order valence-corrected chi connectivity index (χ3v) is 3.81. The Balaban J connectivity index is 2.17. The first-order valence-electron chi connectivity index (χ1n) is 7.09. The van der Waals surface area contributed by atoms with Crippen molar-refractivity contribution >= 4 is 0 Å². The van der Waals surface area contributed by atoms with Gasteiger partial charge in [-0.15, -0.1) is 0 Å². The Morgan fingerprint density at radius 3 is 2.27 bits per heavy atom. The quantitative estimate of drug-likeness (QED) is 0.695. The normalized spacial score (nSPS) is 10.7. The molecule has 2 nitrogen and oxygen atoms in total. The largest absolute Gasteiger partial charge is 0.318 e. The Kier molecular flexibility index (Phi) is 3.63. The molecule has 3 aromatic rings. The Labute approximate surface area is 128 Å². The van der Waals surface area contributed by atoms with Gasteiger partial charge in [0.05, 0.1) is 5.56 Å². The highest BCUT2D eigenvalue weighted by atomic mass is 19.1. The molecule has 0 spiro atoms. The number of aryl methyl sites for hydroxylation is 1. The fourth-order valence-electron chi connectivity index (χ4n) is 2.57. The highest BCUT2D eigenvalue weighted by Gasteiger charge is 2.13. The highest BCUT2D eigenvalue weighted by Crippen LogP contribution is 2.28. The van der Waals surface area contributed by atoms with E-state index in [0.29, 0.717) is 5.56 Å². The fourth-order valence-corrected chi connectivity index (χ4v) is 2.57. The van der Waals surface area contributed by atoms with Crippen LogP contribution in [0.25, 0.3) is 22.3 Å². The van der Waals surface area contributed by atoms with Gasteiger partial charge < -0.3 is 4.57 Å². The molecule has 3 rings (SSSR count). The van der Waals surface area contributed by atoms with Crippen molar-refractivity contribution in [3.8, 4) is 22.3 Å². The molecule has 0 aliphatic rings. The van der Waals surface area contributed by atoms with Crippen molar-refractivity contribution in [2.75, 3.05) is 0 Å². The Morgan fingerprint density at radius 2 is 1.55 bits per heavy atom. The van der Waals surface area contributed by atoms with Crippen molar-refractivity contribution in [2.24, 2.45) is 7.05 Å². The molecule has 22 heavy (non-hydrogen) atoms. The third kappa shape index (κ3) is 2.46. The summed E-state index contributed by atoms with van der Waals surface area (Å²) in [5.41, 5.74) is 3.14. The van der Waals surface area contributed by atoms with Crippen molar-refractivity contribution in [2.45, 2.75) is 6.92 Å². The van der Waals surface area contributed by atoms with Gasteiger partial charge in [0, 0.05) is 18.8 Å². The molecule has 0 aliphatic carbocycles. The lowest BCUT2D eigenvalue weighted by Gasteiger charge is -2.10. The van der Waals surface area contributed by atoms with Crippen molar-refractivity contribution in [3.63, 3.8) is 0 Å². The second kappa shape index (κ2) is 5.60. The number of aromatic nitrogens is 1. The topological polar surface area (TPSA) is 22.0 Å². The molecular weight excluding hydrogens is 277 g/mol. The van der Waals surface area contributed by atoms with Crippen LogP contribution >= 0.6 is 0 Å². The summed E-state index contributed by atoms with van der Waals surface area (Å²) in [7, 11) is 1.64. The van der Waals surface area contributed by atoms with E-state index in [2.05, 4.69) is 0 Å². The molecule has 0 atom stereocenters. The van der Waals surface area contributed by atoms with E-state index in [1.807, 2.05) is 54.6 Å². The van der Waals surface area contributed by atoms with E-state index >= 15 is 0 Å². The lowest BCUT2D eigenvalue weighted by Crippen LogP contribution is -2.20. The van der Waals surface area contributed by atoms with Gasteiger partial charge in [-0.3, -0.25) is 4.79 Å². The summed E-state index contributed by atoms with van der Waals surface area (Å²) in [6.07, 6.45) is 1.55. The summed E-state index contributed by atoms with van der Waals surface area (Å²) in [5, 5.41) is 0. The van der Waals surface area contributed by atoms with Crippen molar-refractivity contribution in [1.82, 2.24) is 4.57 Å². The van der Waals surface area contributed by atoms with E-state index in [9.17, 15) is 9.18 Å². The summed E-state index contributed by atoms with van der Waals surface area (Å²) in [4.78, 5) is 11.8. The maximum atomic E-state index is 14.4. The van der Waals surface area contributed by atoms with Crippen LogP contribution in [0, 0.1) is 12.7 Å². The Morgan fingerprint density at radius 1 is 0.909 bits per heavy atom. The van der Waals surface area contributed by atoms with E-state index in [1.165, 1.54) is 11.5 Å². The second-order valence-electron chi connectivity index (χ2n) is 5.34. The first kappa shape index (κ1) is 14.3. The van der Waals surface area contributed by atoms with Gasteiger partial charge in [-0.1, -0.05) is 48.5 Å². The van der Waals surface area contributed by atoms with Gasteiger partial charge in [-0.25, -0.2) is 4.39 Å². The SMILES string of the molecule is Cc1c(F)c(-c2cccc(-c3ccccc3)c2)cn(C)c1=O. The van der Waals surface area contributed by atoms with Gasteiger partial charge in [0.25, 0.3) is 5.56 Å². The molecule has 1 aromatic heterocycles. The zero-order valence-corrected chi connectivity index (χ0v) is 12.5. The van der Waals surface area contributed by atoms with Crippen molar-refractivity contribution < 1.29 is 4.39 Å². The first-order chi connectivity index (χ1) is 10.6. The molecule has 0 radical (unpaired) electrons. The van der Waals surface area contributed by atoms with Crippen LogP contribution in [0.5, 0.6) is 0 Å². The van der Waals surface area contributed by atoms with Crippen LogP contribution < -0.4 is 5.56 Å². The summed E-state index contributed by atoms with van der Waals surface area (Å²) < 4.78 is 15.9. The molecule has 0 unspecified atom stereocenters. The fraction of sp³-hybridized carbons (Fsp3) is 0.105. The van der Waals surface area contributed by atoms with Crippen molar-refractivity contribution in [3.05, 3.63) is 82.5 Å². The van der Waals surface area contributed by atoms with E-state index in [4.69, 9.17) is 0 Å². The number of pyridine rings is 1.